The van der Waals surface area contributed by atoms with Gasteiger partial charge in [-0.2, -0.15) is 0 Å². The second-order valence-electron chi connectivity index (χ2n) is 5.22. The second kappa shape index (κ2) is 7.05. The van der Waals surface area contributed by atoms with Crippen LogP contribution in [0.25, 0.3) is 0 Å². The van der Waals surface area contributed by atoms with Gasteiger partial charge in [0, 0.05) is 10.5 Å². The van der Waals surface area contributed by atoms with E-state index in [1.54, 1.807) is 0 Å². The van der Waals surface area contributed by atoms with Crippen LogP contribution in [0, 0.1) is 6.92 Å². The smallest absolute Gasteiger partial charge is 0.0358 e. The Labute approximate surface area is 130 Å². The van der Waals surface area contributed by atoms with E-state index in [1.807, 2.05) is 7.05 Å². The van der Waals surface area contributed by atoms with Crippen LogP contribution in [0.4, 0.5) is 0 Å². The molecule has 0 saturated carbocycles. The van der Waals surface area contributed by atoms with Crippen LogP contribution >= 0.6 is 15.9 Å². The fourth-order valence-electron chi connectivity index (χ4n) is 2.36. The summed E-state index contributed by atoms with van der Waals surface area (Å²) in [7, 11) is 2.03. The first-order valence-corrected chi connectivity index (χ1v) is 7.94. The van der Waals surface area contributed by atoms with E-state index < -0.39 is 0 Å². The third-order valence-electron chi connectivity index (χ3n) is 3.82. The van der Waals surface area contributed by atoms with Gasteiger partial charge in [-0.1, -0.05) is 59.3 Å². The fraction of sp³-hybridized carbons (Fsp3) is 0.333. The first kappa shape index (κ1) is 15.3. The van der Waals surface area contributed by atoms with Crippen molar-refractivity contribution in [3.05, 3.63) is 69.2 Å². The molecule has 0 amide bonds. The van der Waals surface area contributed by atoms with E-state index in [-0.39, 0.29) is 0 Å². The van der Waals surface area contributed by atoms with Crippen molar-refractivity contribution in [2.45, 2.75) is 32.7 Å². The molecule has 0 heterocycles. The van der Waals surface area contributed by atoms with Crippen molar-refractivity contribution >= 4 is 15.9 Å². The minimum absolute atomic E-state index is 0.347. The summed E-state index contributed by atoms with van der Waals surface area (Å²) in [4.78, 5) is 0. The number of hydrogen-bond acceptors (Lipinski definition) is 1. The van der Waals surface area contributed by atoms with Crippen LogP contribution in [-0.4, -0.2) is 7.05 Å². The van der Waals surface area contributed by atoms with Gasteiger partial charge in [-0.15, -0.1) is 0 Å². The first-order chi connectivity index (χ1) is 9.63. The molecule has 106 valence electrons. The minimum Gasteiger partial charge on any atom is -0.313 e. The molecule has 0 spiro atoms. The highest BCUT2D eigenvalue weighted by Crippen LogP contribution is 2.24. The van der Waals surface area contributed by atoms with Gasteiger partial charge in [0.1, 0.15) is 0 Å². The van der Waals surface area contributed by atoms with Crippen molar-refractivity contribution in [3.8, 4) is 0 Å². The Morgan fingerprint density at radius 1 is 1.05 bits per heavy atom. The molecule has 0 aromatic heterocycles. The summed E-state index contributed by atoms with van der Waals surface area (Å²) in [6, 6.07) is 15.9. The van der Waals surface area contributed by atoms with Crippen molar-refractivity contribution in [1.29, 1.82) is 0 Å². The van der Waals surface area contributed by atoms with Gasteiger partial charge in [-0.25, -0.2) is 0 Å². The van der Waals surface area contributed by atoms with E-state index in [4.69, 9.17) is 0 Å². The van der Waals surface area contributed by atoms with Gasteiger partial charge in [0.2, 0.25) is 0 Å². The average molecular weight is 332 g/mol. The largest absolute Gasteiger partial charge is 0.313 e. The van der Waals surface area contributed by atoms with E-state index in [1.165, 1.54) is 26.7 Å². The average Bonchev–Trinajstić information content (AvgIpc) is 2.48. The van der Waals surface area contributed by atoms with Gasteiger partial charge in [0.15, 0.2) is 0 Å². The monoisotopic (exact) mass is 331 g/mol. The summed E-state index contributed by atoms with van der Waals surface area (Å²) < 4.78 is 1.18. The zero-order valence-electron chi connectivity index (χ0n) is 12.4. The van der Waals surface area contributed by atoms with E-state index in [0.717, 1.165) is 12.8 Å². The minimum atomic E-state index is 0.347. The maximum atomic E-state index is 3.62. The van der Waals surface area contributed by atoms with Crippen LogP contribution in [0.2, 0.25) is 0 Å². The van der Waals surface area contributed by atoms with E-state index >= 15 is 0 Å². The summed E-state index contributed by atoms with van der Waals surface area (Å²) in [6.07, 6.45) is 2.11. The molecule has 0 aliphatic carbocycles. The molecule has 0 fully saturated rings. The summed E-state index contributed by atoms with van der Waals surface area (Å²) in [5.74, 6) is 0. The maximum Gasteiger partial charge on any atom is 0.0358 e. The Kier molecular flexibility index (Phi) is 5.38. The molecular weight excluding hydrogens is 310 g/mol. The molecule has 2 aromatic rings. The molecule has 2 aromatic carbocycles. The van der Waals surface area contributed by atoms with E-state index in [0.29, 0.717) is 6.04 Å². The third kappa shape index (κ3) is 3.71. The predicted molar refractivity (Wildman–Crippen MR) is 90.2 cm³/mol. The van der Waals surface area contributed by atoms with Crippen molar-refractivity contribution in [2.24, 2.45) is 0 Å². The lowest BCUT2D eigenvalue weighted by Gasteiger charge is -2.18. The molecular formula is C18H22BrN. The van der Waals surface area contributed by atoms with Gasteiger partial charge in [0.25, 0.3) is 0 Å². The number of likely N-dealkylation sites (N-methyl/N-ethyl adjacent to an activating group) is 1. The molecule has 0 bridgehead atoms. The number of nitrogens with one attached hydrogen (secondary N) is 1. The normalized spacial score (nSPS) is 12.4. The standard InChI is InChI=1S/C18H22BrN/c1-4-14-6-8-15(9-7-14)11-18(20-3)16-10-5-13(2)17(19)12-16/h5-10,12,18,20H,4,11H2,1-3H3. The van der Waals surface area contributed by atoms with Crippen LogP contribution in [-0.2, 0) is 12.8 Å². The molecule has 1 N–H and O–H groups in total. The Balaban J connectivity index is 2.16. The lowest BCUT2D eigenvalue weighted by atomic mass is 9.97. The topological polar surface area (TPSA) is 12.0 Å². The zero-order valence-corrected chi connectivity index (χ0v) is 14.0. The summed E-state index contributed by atoms with van der Waals surface area (Å²) >= 11 is 3.62. The lowest BCUT2D eigenvalue weighted by Crippen LogP contribution is -2.18. The van der Waals surface area contributed by atoms with Gasteiger partial charge >= 0.3 is 0 Å². The number of hydrogen-bond donors (Lipinski definition) is 1. The van der Waals surface area contributed by atoms with Crippen LogP contribution < -0.4 is 5.32 Å². The van der Waals surface area contributed by atoms with E-state index in [2.05, 4.69) is 77.6 Å². The van der Waals surface area contributed by atoms with Crippen molar-refractivity contribution in [1.82, 2.24) is 5.32 Å². The molecule has 20 heavy (non-hydrogen) atoms. The first-order valence-electron chi connectivity index (χ1n) is 7.15. The molecule has 1 unspecified atom stereocenters. The molecule has 2 rings (SSSR count). The molecule has 0 aliphatic heterocycles. The molecule has 0 aliphatic rings. The number of benzene rings is 2. The van der Waals surface area contributed by atoms with Crippen molar-refractivity contribution < 1.29 is 0 Å². The molecule has 2 heteroatoms. The molecule has 0 radical (unpaired) electrons. The molecule has 0 saturated heterocycles. The highest BCUT2D eigenvalue weighted by molar-refractivity contribution is 9.10. The highest BCUT2D eigenvalue weighted by Gasteiger charge is 2.11. The van der Waals surface area contributed by atoms with Gasteiger partial charge < -0.3 is 5.32 Å². The second-order valence-corrected chi connectivity index (χ2v) is 6.08. The Hall–Kier alpha value is -1.12. The zero-order chi connectivity index (χ0) is 14.5. The summed E-state index contributed by atoms with van der Waals surface area (Å²) in [5, 5.41) is 3.42. The fourth-order valence-corrected chi connectivity index (χ4v) is 2.76. The predicted octanol–water partition coefficient (Wildman–Crippen LogP) is 4.82. The quantitative estimate of drug-likeness (QED) is 0.827. The molecule has 1 atom stereocenters. The Morgan fingerprint density at radius 3 is 2.25 bits per heavy atom. The number of halogens is 1. The van der Waals surface area contributed by atoms with Gasteiger partial charge in [-0.05, 0) is 55.1 Å². The van der Waals surface area contributed by atoms with Gasteiger partial charge in [-0.3, -0.25) is 0 Å². The lowest BCUT2D eigenvalue weighted by molar-refractivity contribution is 0.591. The van der Waals surface area contributed by atoms with Crippen LogP contribution in [0.1, 0.15) is 35.2 Å². The van der Waals surface area contributed by atoms with E-state index in [9.17, 15) is 0 Å². The number of aryl methyl sites for hydroxylation is 2. The Morgan fingerprint density at radius 2 is 1.70 bits per heavy atom. The maximum absolute atomic E-state index is 3.62. The van der Waals surface area contributed by atoms with Crippen LogP contribution in [0.5, 0.6) is 0 Å². The molecule has 1 nitrogen and oxygen atoms in total. The van der Waals surface area contributed by atoms with Gasteiger partial charge in [0.05, 0.1) is 0 Å². The summed E-state index contributed by atoms with van der Waals surface area (Å²) in [5.41, 5.74) is 5.37. The highest BCUT2D eigenvalue weighted by atomic mass is 79.9. The Bertz CT molecular complexity index is 560. The number of rotatable bonds is 5. The van der Waals surface area contributed by atoms with Crippen molar-refractivity contribution in [3.63, 3.8) is 0 Å². The SMILES string of the molecule is CCc1ccc(CC(NC)c2ccc(C)c(Br)c2)cc1. The van der Waals surface area contributed by atoms with Crippen LogP contribution in [0.15, 0.2) is 46.9 Å². The third-order valence-corrected chi connectivity index (χ3v) is 4.67. The van der Waals surface area contributed by atoms with Crippen molar-refractivity contribution in [2.75, 3.05) is 7.05 Å². The van der Waals surface area contributed by atoms with Crippen LogP contribution in [0.3, 0.4) is 0 Å². The summed E-state index contributed by atoms with van der Waals surface area (Å²) in [6.45, 7) is 4.31.